The van der Waals surface area contributed by atoms with Crippen LogP contribution in [-0.4, -0.2) is 11.0 Å². The molecule has 1 heterocycles. The van der Waals surface area contributed by atoms with Crippen molar-refractivity contribution in [2.75, 3.05) is 10.6 Å². The number of halogens is 1. The molecule has 0 aliphatic carbocycles. The zero-order valence-electron chi connectivity index (χ0n) is 9.77. The summed E-state index contributed by atoms with van der Waals surface area (Å²) in [6.45, 7) is 1.99. The van der Waals surface area contributed by atoms with Crippen LogP contribution in [0.3, 0.4) is 0 Å². The number of nitrogens with zero attached hydrogens (tertiary/aromatic N) is 1. The van der Waals surface area contributed by atoms with Gasteiger partial charge in [0.05, 0.1) is 11.9 Å². The monoisotopic (exact) mass is 305 g/mol. The number of nitrogens with one attached hydrogen (secondary N) is 2. The number of urea groups is 1. The maximum absolute atomic E-state index is 11.7. The van der Waals surface area contributed by atoms with Gasteiger partial charge in [-0.1, -0.05) is 22.0 Å². The third-order valence-electron chi connectivity index (χ3n) is 2.35. The van der Waals surface area contributed by atoms with Crippen molar-refractivity contribution in [1.82, 2.24) is 4.98 Å². The Bertz CT molecular complexity index is 557. The molecule has 0 saturated heterocycles. The first kappa shape index (κ1) is 12.6. The zero-order valence-corrected chi connectivity index (χ0v) is 11.4. The molecule has 0 bridgehead atoms. The third kappa shape index (κ3) is 3.30. The maximum atomic E-state index is 11.7. The Kier molecular flexibility index (Phi) is 3.94. The summed E-state index contributed by atoms with van der Waals surface area (Å²) in [6, 6.07) is 8.89. The number of rotatable bonds is 2. The van der Waals surface area contributed by atoms with Crippen LogP contribution in [0.25, 0.3) is 0 Å². The highest BCUT2D eigenvalue weighted by Gasteiger charge is 2.03. The van der Waals surface area contributed by atoms with Crippen molar-refractivity contribution in [2.24, 2.45) is 0 Å². The van der Waals surface area contributed by atoms with E-state index in [4.69, 9.17) is 0 Å². The molecule has 0 saturated carbocycles. The summed E-state index contributed by atoms with van der Waals surface area (Å²) in [5, 5.41) is 5.45. The molecule has 2 amide bonds. The fraction of sp³-hybridized carbons (Fsp3) is 0.0769. The number of pyridine rings is 1. The van der Waals surface area contributed by atoms with Crippen LogP contribution in [0.4, 0.5) is 16.2 Å². The lowest BCUT2D eigenvalue weighted by atomic mass is 10.2. The summed E-state index contributed by atoms with van der Waals surface area (Å²) in [5.74, 6) is 0. The van der Waals surface area contributed by atoms with E-state index in [1.807, 2.05) is 25.1 Å². The molecule has 5 heteroatoms. The van der Waals surface area contributed by atoms with Gasteiger partial charge in [-0.3, -0.25) is 4.98 Å². The minimum absolute atomic E-state index is 0.293. The molecule has 2 N–H and O–H groups in total. The van der Waals surface area contributed by atoms with Gasteiger partial charge in [0.25, 0.3) is 0 Å². The lowest BCUT2D eigenvalue weighted by Gasteiger charge is -2.08. The number of amides is 2. The van der Waals surface area contributed by atoms with Crippen LogP contribution in [-0.2, 0) is 0 Å². The molecule has 1 aromatic carbocycles. The predicted molar refractivity (Wildman–Crippen MR) is 75.8 cm³/mol. The average Bonchev–Trinajstić information content (AvgIpc) is 2.35. The Morgan fingerprint density at radius 3 is 2.67 bits per heavy atom. The van der Waals surface area contributed by atoms with Crippen LogP contribution in [0, 0.1) is 6.92 Å². The molecule has 2 aromatic rings. The summed E-state index contributed by atoms with van der Waals surface area (Å²) in [5.41, 5.74) is 2.50. The molecule has 0 radical (unpaired) electrons. The molecule has 0 aliphatic heterocycles. The number of hydrogen-bond acceptors (Lipinski definition) is 2. The van der Waals surface area contributed by atoms with E-state index < -0.39 is 0 Å². The van der Waals surface area contributed by atoms with Crippen molar-refractivity contribution >= 4 is 33.3 Å². The van der Waals surface area contributed by atoms with Crippen molar-refractivity contribution in [3.05, 3.63) is 52.8 Å². The second kappa shape index (κ2) is 5.64. The number of hydrogen-bond donors (Lipinski definition) is 2. The van der Waals surface area contributed by atoms with Gasteiger partial charge in [0, 0.05) is 16.4 Å². The topological polar surface area (TPSA) is 54.0 Å². The molecular formula is C13H12BrN3O. The van der Waals surface area contributed by atoms with Crippen LogP contribution < -0.4 is 10.6 Å². The summed E-state index contributed by atoms with van der Waals surface area (Å²) in [6.07, 6.45) is 3.24. The van der Waals surface area contributed by atoms with Crippen molar-refractivity contribution in [2.45, 2.75) is 6.92 Å². The molecule has 0 atom stereocenters. The van der Waals surface area contributed by atoms with Gasteiger partial charge in [-0.15, -0.1) is 0 Å². The second-order valence-electron chi connectivity index (χ2n) is 3.78. The van der Waals surface area contributed by atoms with E-state index in [-0.39, 0.29) is 6.03 Å². The molecular weight excluding hydrogens is 294 g/mol. The van der Waals surface area contributed by atoms with Gasteiger partial charge in [0.15, 0.2) is 0 Å². The van der Waals surface area contributed by atoms with Gasteiger partial charge in [-0.05, 0) is 36.8 Å². The summed E-state index contributed by atoms with van der Waals surface area (Å²) >= 11 is 3.42. The van der Waals surface area contributed by atoms with Crippen LogP contribution in [0.15, 0.2) is 47.2 Å². The molecule has 0 fully saturated rings. The van der Waals surface area contributed by atoms with E-state index in [9.17, 15) is 4.79 Å². The SMILES string of the molecule is Cc1ccc(NC(=O)Nc2cccnc2)cc1Br. The molecule has 18 heavy (non-hydrogen) atoms. The highest BCUT2D eigenvalue weighted by Crippen LogP contribution is 2.20. The van der Waals surface area contributed by atoms with E-state index in [0.29, 0.717) is 5.69 Å². The van der Waals surface area contributed by atoms with E-state index in [0.717, 1.165) is 15.7 Å². The normalized spacial score (nSPS) is 9.89. The molecule has 2 rings (SSSR count). The number of carbonyl (C=O) groups is 1. The molecule has 0 aliphatic rings. The summed E-state index contributed by atoms with van der Waals surface area (Å²) < 4.78 is 0.960. The maximum Gasteiger partial charge on any atom is 0.323 e. The third-order valence-corrected chi connectivity index (χ3v) is 3.20. The van der Waals surface area contributed by atoms with E-state index >= 15 is 0 Å². The van der Waals surface area contributed by atoms with Crippen LogP contribution in [0.5, 0.6) is 0 Å². The van der Waals surface area contributed by atoms with Crippen molar-refractivity contribution in [3.8, 4) is 0 Å². The molecule has 0 spiro atoms. The Hall–Kier alpha value is -1.88. The first-order valence-corrected chi connectivity index (χ1v) is 6.18. The molecule has 4 nitrogen and oxygen atoms in total. The van der Waals surface area contributed by atoms with Gasteiger partial charge in [0.1, 0.15) is 0 Å². The minimum atomic E-state index is -0.293. The van der Waals surface area contributed by atoms with Crippen molar-refractivity contribution in [3.63, 3.8) is 0 Å². The summed E-state index contributed by atoms with van der Waals surface area (Å²) in [7, 11) is 0. The Morgan fingerprint density at radius 2 is 2.00 bits per heavy atom. The fourth-order valence-corrected chi connectivity index (χ4v) is 1.78. The van der Waals surface area contributed by atoms with E-state index in [2.05, 4.69) is 31.5 Å². The Labute approximate surface area is 114 Å². The lowest BCUT2D eigenvalue weighted by molar-refractivity contribution is 0.262. The Morgan fingerprint density at radius 1 is 1.22 bits per heavy atom. The number of aryl methyl sites for hydroxylation is 1. The van der Waals surface area contributed by atoms with E-state index in [1.165, 1.54) is 0 Å². The van der Waals surface area contributed by atoms with Gasteiger partial charge in [-0.2, -0.15) is 0 Å². The van der Waals surface area contributed by atoms with Crippen LogP contribution in [0.2, 0.25) is 0 Å². The smallest absolute Gasteiger partial charge is 0.308 e. The Balaban J connectivity index is 2.01. The quantitative estimate of drug-likeness (QED) is 0.886. The number of aromatic nitrogens is 1. The van der Waals surface area contributed by atoms with Crippen LogP contribution in [0.1, 0.15) is 5.56 Å². The van der Waals surface area contributed by atoms with Crippen molar-refractivity contribution < 1.29 is 4.79 Å². The fourth-order valence-electron chi connectivity index (χ4n) is 1.40. The highest BCUT2D eigenvalue weighted by molar-refractivity contribution is 9.10. The summed E-state index contributed by atoms with van der Waals surface area (Å²) in [4.78, 5) is 15.6. The van der Waals surface area contributed by atoms with Gasteiger partial charge in [-0.25, -0.2) is 4.79 Å². The van der Waals surface area contributed by atoms with Gasteiger partial charge < -0.3 is 10.6 Å². The van der Waals surface area contributed by atoms with Gasteiger partial charge in [0.2, 0.25) is 0 Å². The number of anilines is 2. The predicted octanol–water partition coefficient (Wildman–Crippen LogP) is 3.80. The standard InChI is InChI=1S/C13H12BrN3O/c1-9-4-5-10(7-12(9)14)16-13(18)17-11-3-2-6-15-8-11/h2-8H,1H3,(H2,16,17,18). The number of carbonyl (C=O) groups excluding carboxylic acids is 1. The first-order chi connectivity index (χ1) is 8.65. The van der Waals surface area contributed by atoms with E-state index in [1.54, 1.807) is 24.5 Å². The molecule has 1 aromatic heterocycles. The first-order valence-electron chi connectivity index (χ1n) is 5.39. The lowest BCUT2D eigenvalue weighted by Crippen LogP contribution is -2.19. The van der Waals surface area contributed by atoms with Crippen molar-refractivity contribution in [1.29, 1.82) is 0 Å². The zero-order chi connectivity index (χ0) is 13.0. The number of benzene rings is 1. The van der Waals surface area contributed by atoms with Crippen LogP contribution >= 0.6 is 15.9 Å². The second-order valence-corrected chi connectivity index (χ2v) is 4.64. The van der Waals surface area contributed by atoms with Gasteiger partial charge >= 0.3 is 6.03 Å². The molecule has 0 unspecified atom stereocenters. The minimum Gasteiger partial charge on any atom is -0.308 e. The highest BCUT2D eigenvalue weighted by atomic mass is 79.9. The largest absolute Gasteiger partial charge is 0.323 e. The molecule has 92 valence electrons. The average molecular weight is 306 g/mol.